The first-order valence-electron chi connectivity index (χ1n) is 4.98. The van der Waals surface area contributed by atoms with Gasteiger partial charge in [-0.15, -0.1) is 0 Å². The Labute approximate surface area is 76.6 Å². The van der Waals surface area contributed by atoms with Gasteiger partial charge < -0.3 is 10.2 Å². The fraction of sp³-hybridized carbons (Fsp3) is 1.00. The summed E-state index contributed by atoms with van der Waals surface area (Å²) in [7, 11) is 0. The molecule has 0 aliphatic carbocycles. The van der Waals surface area contributed by atoms with E-state index in [9.17, 15) is 0 Å². The van der Waals surface area contributed by atoms with Crippen LogP contribution in [-0.2, 0) is 0 Å². The molecule has 0 atom stereocenters. The van der Waals surface area contributed by atoms with Gasteiger partial charge >= 0.3 is 0 Å². The highest BCUT2D eigenvalue weighted by Crippen LogP contribution is 1.92. The van der Waals surface area contributed by atoms with E-state index in [1.54, 1.807) is 0 Å². The largest absolute Gasteiger partial charge is 0.393 e. The van der Waals surface area contributed by atoms with E-state index in [0.29, 0.717) is 0 Å². The molecule has 2 N–H and O–H groups in total. The molecule has 0 heterocycles. The Kier molecular flexibility index (Phi) is 13.1. The third-order valence-corrected chi connectivity index (χ3v) is 1.88. The standard InChI is InChI=1S/2C5H12O/c2*1-3-5(6)4-2/h2*5-6H,3-4H2,1-2H3. The van der Waals surface area contributed by atoms with Crippen molar-refractivity contribution >= 4 is 0 Å². The van der Waals surface area contributed by atoms with Crippen LogP contribution >= 0.6 is 0 Å². The van der Waals surface area contributed by atoms with Gasteiger partial charge in [0.2, 0.25) is 0 Å². The zero-order valence-corrected chi connectivity index (χ0v) is 8.88. The molecule has 0 aromatic carbocycles. The van der Waals surface area contributed by atoms with Crippen molar-refractivity contribution in [3.63, 3.8) is 0 Å². The molecule has 0 amide bonds. The average molecular weight is 176 g/mol. The maximum atomic E-state index is 8.67. The van der Waals surface area contributed by atoms with Crippen molar-refractivity contribution in [3.8, 4) is 0 Å². The molecule has 12 heavy (non-hydrogen) atoms. The van der Waals surface area contributed by atoms with Crippen LogP contribution in [0, 0.1) is 0 Å². The SMILES string of the molecule is CCC(O)CC.CCC(O)CC. The molecule has 0 aliphatic heterocycles. The Morgan fingerprint density at radius 1 is 0.667 bits per heavy atom. The summed E-state index contributed by atoms with van der Waals surface area (Å²) >= 11 is 0. The maximum absolute atomic E-state index is 8.67. The monoisotopic (exact) mass is 176 g/mol. The summed E-state index contributed by atoms with van der Waals surface area (Å²) in [5.41, 5.74) is 0. The summed E-state index contributed by atoms with van der Waals surface area (Å²) in [6.45, 7) is 7.92. The Balaban J connectivity index is 0. The minimum absolute atomic E-state index is 0.0648. The van der Waals surface area contributed by atoms with Crippen LogP contribution in [0.1, 0.15) is 53.4 Å². The number of hydrogen-bond acceptors (Lipinski definition) is 2. The first-order valence-corrected chi connectivity index (χ1v) is 4.98. The fourth-order valence-electron chi connectivity index (χ4n) is 0.577. The number of hydrogen-bond donors (Lipinski definition) is 2. The van der Waals surface area contributed by atoms with E-state index in [-0.39, 0.29) is 12.2 Å². The molecule has 0 fully saturated rings. The Bertz CT molecular complexity index is 56.2. The Morgan fingerprint density at radius 3 is 0.833 bits per heavy atom. The van der Waals surface area contributed by atoms with Crippen LogP contribution in [0.3, 0.4) is 0 Å². The van der Waals surface area contributed by atoms with Crippen LogP contribution in [0.4, 0.5) is 0 Å². The summed E-state index contributed by atoms with van der Waals surface area (Å²) in [5.74, 6) is 0. The van der Waals surface area contributed by atoms with Gasteiger partial charge in [0.15, 0.2) is 0 Å². The second kappa shape index (κ2) is 10.9. The molecule has 0 unspecified atom stereocenters. The van der Waals surface area contributed by atoms with Crippen molar-refractivity contribution in [2.45, 2.75) is 65.6 Å². The highest BCUT2D eigenvalue weighted by molar-refractivity contribution is 4.44. The summed E-state index contributed by atoms with van der Waals surface area (Å²) in [4.78, 5) is 0. The van der Waals surface area contributed by atoms with Gasteiger partial charge in [-0.3, -0.25) is 0 Å². The first kappa shape index (κ1) is 14.4. The molecule has 0 aromatic rings. The topological polar surface area (TPSA) is 40.5 Å². The van der Waals surface area contributed by atoms with E-state index < -0.39 is 0 Å². The molecule has 0 spiro atoms. The molecule has 0 saturated heterocycles. The van der Waals surface area contributed by atoms with Gasteiger partial charge in [0, 0.05) is 0 Å². The maximum Gasteiger partial charge on any atom is 0.0535 e. The second-order valence-electron chi connectivity index (χ2n) is 2.94. The lowest BCUT2D eigenvalue weighted by molar-refractivity contribution is 0.166. The zero-order valence-electron chi connectivity index (χ0n) is 8.88. The third-order valence-electron chi connectivity index (χ3n) is 1.88. The van der Waals surface area contributed by atoms with Crippen LogP contribution in [-0.4, -0.2) is 22.4 Å². The lowest BCUT2D eigenvalue weighted by Crippen LogP contribution is -1.99. The van der Waals surface area contributed by atoms with Crippen molar-refractivity contribution in [1.29, 1.82) is 0 Å². The lowest BCUT2D eigenvalue weighted by Gasteiger charge is -1.98. The third kappa shape index (κ3) is 12.6. The van der Waals surface area contributed by atoms with Crippen LogP contribution in [0.5, 0.6) is 0 Å². The molecule has 2 nitrogen and oxygen atoms in total. The van der Waals surface area contributed by atoms with Crippen LogP contribution in [0.2, 0.25) is 0 Å². The minimum Gasteiger partial charge on any atom is -0.393 e. The molecule has 0 aliphatic rings. The van der Waals surface area contributed by atoms with E-state index in [2.05, 4.69) is 0 Å². The van der Waals surface area contributed by atoms with Gasteiger partial charge in [-0.1, -0.05) is 27.7 Å². The first-order chi connectivity index (χ1) is 5.62. The Morgan fingerprint density at radius 2 is 0.833 bits per heavy atom. The average Bonchev–Trinajstić information content (AvgIpc) is 2.16. The lowest BCUT2D eigenvalue weighted by atomic mass is 10.2. The highest BCUT2D eigenvalue weighted by Gasteiger charge is 1.91. The Hall–Kier alpha value is -0.0800. The summed E-state index contributed by atoms with van der Waals surface area (Å²) in [6.07, 6.45) is 3.41. The van der Waals surface area contributed by atoms with Gasteiger partial charge in [-0.25, -0.2) is 0 Å². The molecule has 0 saturated carbocycles. The highest BCUT2D eigenvalue weighted by atomic mass is 16.3. The molecular formula is C10H24O2. The van der Waals surface area contributed by atoms with E-state index in [0.717, 1.165) is 25.7 Å². The molecule has 0 rings (SSSR count). The fourth-order valence-corrected chi connectivity index (χ4v) is 0.577. The second-order valence-corrected chi connectivity index (χ2v) is 2.94. The molecule has 2 heteroatoms. The summed E-state index contributed by atoms with van der Waals surface area (Å²) in [6, 6.07) is 0. The number of aliphatic hydroxyl groups excluding tert-OH is 2. The quantitative estimate of drug-likeness (QED) is 0.690. The van der Waals surface area contributed by atoms with Crippen LogP contribution in [0.25, 0.3) is 0 Å². The van der Waals surface area contributed by atoms with Crippen molar-refractivity contribution in [3.05, 3.63) is 0 Å². The van der Waals surface area contributed by atoms with Crippen molar-refractivity contribution < 1.29 is 10.2 Å². The molecule has 0 radical (unpaired) electrons. The molecular weight excluding hydrogens is 152 g/mol. The van der Waals surface area contributed by atoms with Gasteiger partial charge in [0.1, 0.15) is 0 Å². The van der Waals surface area contributed by atoms with Gasteiger partial charge in [-0.2, -0.15) is 0 Å². The smallest absolute Gasteiger partial charge is 0.0535 e. The van der Waals surface area contributed by atoms with E-state index in [1.807, 2.05) is 27.7 Å². The molecule has 0 aromatic heterocycles. The molecule has 0 bridgehead atoms. The summed E-state index contributed by atoms with van der Waals surface area (Å²) < 4.78 is 0. The predicted molar refractivity (Wildman–Crippen MR) is 53.2 cm³/mol. The van der Waals surface area contributed by atoms with Crippen LogP contribution < -0.4 is 0 Å². The minimum atomic E-state index is -0.0648. The van der Waals surface area contributed by atoms with Crippen LogP contribution in [0.15, 0.2) is 0 Å². The van der Waals surface area contributed by atoms with Gasteiger partial charge in [-0.05, 0) is 25.7 Å². The number of aliphatic hydroxyl groups is 2. The van der Waals surface area contributed by atoms with Crippen molar-refractivity contribution in [2.24, 2.45) is 0 Å². The number of rotatable bonds is 4. The van der Waals surface area contributed by atoms with Gasteiger partial charge in [0.25, 0.3) is 0 Å². The van der Waals surface area contributed by atoms with E-state index >= 15 is 0 Å². The normalized spacial score (nSPS) is 10.0. The molecule has 76 valence electrons. The van der Waals surface area contributed by atoms with Crippen molar-refractivity contribution in [2.75, 3.05) is 0 Å². The predicted octanol–water partition coefficient (Wildman–Crippen LogP) is 2.33. The van der Waals surface area contributed by atoms with Gasteiger partial charge in [0.05, 0.1) is 12.2 Å². The summed E-state index contributed by atoms with van der Waals surface area (Å²) in [5, 5.41) is 17.3. The van der Waals surface area contributed by atoms with E-state index in [4.69, 9.17) is 10.2 Å². The zero-order chi connectivity index (χ0) is 9.98. The van der Waals surface area contributed by atoms with Crippen molar-refractivity contribution in [1.82, 2.24) is 0 Å². The van der Waals surface area contributed by atoms with E-state index in [1.165, 1.54) is 0 Å².